The number of aromatic amines is 1. The minimum atomic E-state index is -0.843. The number of amides is 1. The van der Waals surface area contributed by atoms with Gasteiger partial charge < -0.3 is 15.4 Å². The summed E-state index contributed by atoms with van der Waals surface area (Å²) >= 11 is 0. The Hall–Kier alpha value is -1.85. The maximum absolute atomic E-state index is 12.3. The summed E-state index contributed by atoms with van der Waals surface area (Å²) in [6.45, 7) is 5.80. The van der Waals surface area contributed by atoms with E-state index in [1.54, 1.807) is 0 Å². The van der Waals surface area contributed by atoms with Crippen molar-refractivity contribution in [1.82, 2.24) is 15.3 Å². The fraction of sp³-hybridized carbons (Fsp3) is 0.667. The average Bonchev–Trinajstić information content (AvgIpc) is 2.88. The molecule has 1 saturated carbocycles. The molecule has 0 spiro atoms. The first kappa shape index (κ1) is 15.5. The molecule has 1 fully saturated rings. The number of H-pyrrole nitrogens is 1. The van der Waals surface area contributed by atoms with Crippen LogP contribution in [0.25, 0.3) is 0 Å². The molecule has 1 aliphatic rings. The van der Waals surface area contributed by atoms with Crippen LogP contribution in [0.3, 0.4) is 0 Å². The first-order chi connectivity index (χ1) is 9.83. The fourth-order valence-corrected chi connectivity index (χ4v) is 2.95. The quantitative estimate of drug-likeness (QED) is 0.793. The highest BCUT2D eigenvalue weighted by Crippen LogP contribution is 2.34. The number of carboxylic acid groups (broad SMARTS) is 1. The molecule has 3 N–H and O–H groups in total. The second-order valence-electron chi connectivity index (χ2n) is 6.35. The molecule has 1 aromatic heterocycles. The first-order valence-electron chi connectivity index (χ1n) is 7.43. The zero-order valence-electron chi connectivity index (χ0n) is 12.8. The van der Waals surface area contributed by atoms with Crippen LogP contribution < -0.4 is 5.32 Å². The van der Waals surface area contributed by atoms with Gasteiger partial charge in [-0.3, -0.25) is 9.59 Å². The number of carboxylic acids is 1. The number of rotatable bonds is 4. The van der Waals surface area contributed by atoms with Gasteiger partial charge >= 0.3 is 5.97 Å². The number of nitrogens with zero attached hydrogens (tertiary/aromatic N) is 1. The van der Waals surface area contributed by atoms with E-state index in [-0.39, 0.29) is 11.8 Å². The Morgan fingerprint density at radius 3 is 2.76 bits per heavy atom. The summed E-state index contributed by atoms with van der Waals surface area (Å²) in [5.41, 5.74) is -0.320. The lowest BCUT2D eigenvalue weighted by Gasteiger charge is -2.39. The largest absolute Gasteiger partial charge is 0.481 e. The number of nitrogens with one attached hydrogen (secondary N) is 2. The number of carbonyl (C=O) groups excluding carboxylic acids is 1. The molecule has 0 saturated heterocycles. The van der Waals surface area contributed by atoms with Crippen molar-refractivity contribution < 1.29 is 14.7 Å². The van der Waals surface area contributed by atoms with Crippen LogP contribution in [0.5, 0.6) is 0 Å². The molecule has 1 aliphatic carbocycles. The number of carbonyl (C=O) groups is 2. The van der Waals surface area contributed by atoms with Crippen LogP contribution in [0.4, 0.5) is 0 Å². The molecule has 1 heterocycles. The van der Waals surface area contributed by atoms with E-state index in [1.807, 2.05) is 20.8 Å². The normalized spacial score (nSPS) is 25.8. The number of aromatic nitrogens is 2. The second kappa shape index (κ2) is 5.87. The molecule has 21 heavy (non-hydrogen) atoms. The molecule has 2 unspecified atom stereocenters. The summed E-state index contributed by atoms with van der Waals surface area (Å²) in [4.78, 5) is 30.9. The van der Waals surface area contributed by atoms with Crippen LogP contribution in [0.1, 0.15) is 68.7 Å². The standard InChI is InChI=1S/C15H23N3O3/c1-9(2)12-16-8-11(17-12)13(19)18-15(3)7-5-4-6-10(15)14(20)21/h8-10H,4-7H2,1-3H3,(H,16,17)(H,18,19)(H,20,21). The Labute approximate surface area is 124 Å². The molecule has 116 valence electrons. The van der Waals surface area contributed by atoms with Gasteiger partial charge in [-0.05, 0) is 19.8 Å². The maximum atomic E-state index is 12.3. The lowest BCUT2D eigenvalue weighted by Crippen LogP contribution is -2.55. The number of hydrogen-bond acceptors (Lipinski definition) is 3. The van der Waals surface area contributed by atoms with Gasteiger partial charge in [0.1, 0.15) is 11.5 Å². The summed E-state index contributed by atoms with van der Waals surface area (Å²) in [6.07, 6.45) is 4.62. The van der Waals surface area contributed by atoms with Crippen molar-refractivity contribution in [2.75, 3.05) is 0 Å². The number of imidazole rings is 1. The predicted octanol–water partition coefficient (Wildman–Crippen LogP) is 2.30. The van der Waals surface area contributed by atoms with Crippen molar-refractivity contribution >= 4 is 11.9 Å². The lowest BCUT2D eigenvalue weighted by molar-refractivity contribution is -0.145. The van der Waals surface area contributed by atoms with Gasteiger partial charge in [-0.25, -0.2) is 4.98 Å². The highest BCUT2D eigenvalue weighted by Gasteiger charge is 2.42. The molecular formula is C15H23N3O3. The maximum Gasteiger partial charge on any atom is 0.308 e. The van der Waals surface area contributed by atoms with Gasteiger partial charge in [0, 0.05) is 5.92 Å². The number of hydrogen-bond donors (Lipinski definition) is 3. The summed E-state index contributed by atoms with van der Waals surface area (Å²) in [7, 11) is 0. The molecule has 0 aliphatic heterocycles. The molecule has 1 amide bonds. The van der Waals surface area contributed by atoms with Crippen molar-refractivity contribution in [3.8, 4) is 0 Å². The van der Waals surface area contributed by atoms with Crippen molar-refractivity contribution in [3.05, 3.63) is 17.7 Å². The molecule has 0 aromatic carbocycles. The van der Waals surface area contributed by atoms with E-state index in [0.29, 0.717) is 18.5 Å². The molecule has 2 rings (SSSR count). The Morgan fingerprint density at radius 1 is 1.48 bits per heavy atom. The van der Waals surface area contributed by atoms with E-state index in [4.69, 9.17) is 0 Å². The van der Waals surface area contributed by atoms with Crippen LogP contribution in [0, 0.1) is 5.92 Å². The van der Waals surface area contributed by atoms with Crippen molar-refractivity contribution in [1.29, 1.82) is 0 Å². The number of aliphatic carboxylic acids is 1. The molecule has 0 bridgehead atoms. The van der Waals surface area contributed by atoms with Gasteiger partial charge in [0.15, 0.2) is 0 Å². The van der Waals surface area contributed by atoms with E-state index in [2.05, 4.69) is 15.3 Å². The fourth-order valence-electron chi connectivity index (χ4n) is 2.95. The van der Waals surface area contributed by atoms with Crippen LogP contribution in [-0.2, 0) is 4.79 Å². The topological polar surface area (TPSA) is 95.1 Å². The molecule has 0 radical (unpaired) electrons. The van der Waals surface area contributed by atoms with Crippen LogP contribution in [0.15, 0.2) is 6.20 Å². The Kier molecular flexibility index (Phi) is 4.34. The zero-order valence-corrected chi connectivity index (χ0v) is 12.8. The molecule has 1 aromatic rings. The van der Waals surface area contributed by atoms with E-state index < -0.39 is 17.4 Å². The lowest BCUT2D eigenvalue weighted by atomic mass is 9.74. The third-order valence-corrected chi connectivity index (χ3v) is 4.29. The van der Waals surface area contributed by atoms with Gasteiger partial charge in [0.05, 0.1) is 17.7 Å². The molecule has 6 nitrogen and oxygen atoms in total. The van der Waals surface area contributed by atoms with Crippen molar-refractivity contribution in [3.63, 3.8) is 0 Å². The SMILES string of the molecule is CC(C)c1ncc(C(=O)NC2(C)CCCCC2C(=O)O)[nH]1. The Bertz CT molecular complexity index is 538. The van der Waals surface area contributed by atoms with E-state index >= 15 is 0 Å². The minimum absolute atomic E-state index is 0.212. The van der Waals surface area contributed by atoms with Gasteiger partial charge in [0.25, 0.3) is 5.91 Å². The highest BCUT2D eigenvalue weighted by molar-refractivity contribution is 5.93. The average molecular weight is 293 g/mol. The Morgan fingerprint density at radius 2 is 2.19 bits per heavy atom. The monoisotopic (exact) mass is 293 g/mol. The third kappa shape index (κ3) is 3.25. The molecular weight excluding hydrogens is 270 g/mol. The third-order valence-electron chi connectivity index (χ3n) is 4.29. The predicted molar refractivity (Wildman–Crippen MR) is 78.1 cm³/mol. The summed E-state index contributed by atoms with van der Waals surface area (Å²) in [5, 5.41) is 12.3. The summed E-state index contributed by atoms with van der Waals surface area (Å²) < 4.78 is 0. The Balaban J connectivity index is 2.14. The smallest absolute Gasteiger partial charge is 0.308 e. The van der Waals surface area contributed by atoms with E-state index in [0.717, 1.165) is 18.7 Å². The van der Waals surface area contributed by atoms with Crippen LogP contribution >= 0.6 is 0 Å². The van der Waals surface area contributed by atoms with Crippen molar-refractivity contribution in [2.24, 2.45) is 5.92 Å². The summed E-state index contributed by atoms with van der Waals surface area (Å²) in [5.74, 6) is -0.704. The van der Waals surface area contributed by atoms with Gasteiger partial charge in [-0.1, -0.05) is 26.7 Å². The van der Waals surface area contributed by atoms with E-state index in [9.17, 15) is 14.7 Å². The van der Waals surface area contributed by atoms with E-state index in [1.165, 1.54) is 6.20 Å². The van der Waals surface area contributed by atoms with Gasteiger partial charge in [-0.2, -0.15) is 0 Å². The minimum Gasteiger partial charge on any atom is -0.481 e. The van der Waals surface area contributed by atoms with Crippen molar-refractivity contribution in [2.45, 2.75) is 57.9 Å². The van der Waals surface area contributed by atoms with Crippen LogP contribution in [-0.4, -0.2) is 32.5 Å². The first-order valence-corrected chi connectivity index (χ1v) is 7.43. The van der Waals surface area contributed by atoms with Gasteiger partial charge in [0.2, 0.25) is 0 Å². The molecule has 6 heteroatoms. The zero-order chi connectivity index (χ0) is 15.6. The molecule has 2 atom stereocenters. The van der Waals surface area contributed by atoms with Gasteiger partial charge in [-0.15, -0.1) is 0 Å². The highest BCUT2D eigenvalue weighted by atomic mass is 16.4. The second-order valence-corrected chi connectivity index (χ2v) is 6.35. The summed E-state index contributed by atoms with van der Waals surface area (Å²) in [6, 6.07) is 0. The van der Waals surface area contributed by atoms with Crippen LogP contribution in [0.2, 0.25) is 0 Å².